The van der Waals surface area contributed by atoms with Crippen molar-refractivity contribution >= 4 is 20.7 Å². The molecule has 0 saturated carbocycles. The van der Waals surface area contributed by atoms with Crippen molar-refractivity contribution in [2.75, 3.05) is 18.1 Å². The number of hydrogen-bond acceptors (Lipinski definition) is 4. The Bertz CT molecular complexity index is 722. The number of hydrogen-bond donors (Lipinski definition) is 3. The molecule has 1 aliphatic heterocycles. The Balaban J connectivity index is 1.60. The lowest BCUT2D eigenvalue weighted by Crippen LogP contribution is -2.46. The Hall–Kier alpha value is -1.37. The van der Waals surface area contributed by atoms with Crippen molar-refractivity contribution in [2.24, 2.45) is 0 Å². The fraction of sp³-hybridized carbons (Fsp3) is 0.467. The number of aromatic nitrogens is 1. The van der Waals surface area contributed by atoms with Gasteiger partial charge >= 0.3 is 0 Å². The maximum Gasteiger partial charge on any atom is 0.150 e. The zero-order valence-electron chi connectivity index (χ0n) is 11.8. The molecule has 1 aliphatic rings. The molecular weight excluding hydrogens is 288 g/mol. The molecule has 0 amide bonds. The number of H-pyrrole nitrogens is 1. The van der Waals surface area contributed by atoms with Crippen LogP contribution in [0.3, 0.4) is 0 Å². The van der Waals surface area contributed by atoms with Gasteiger partial charge in [0.25, 0.3) is 0 Å². The second kappa shape index (κ2) is 5.44. The molecule has 6 heteroatoms. The monoisotopic (exact) mass is 308 g/mol. The van der Waals surface area contributed by atoms with Crippen LogP contribution in [-0.4, -0.2) is 42.2 Å². The number of fused-ring (bicyclic) bond motifs is 1. The van der Waals surface area contributed by atoms with Crippen molar-refractivity contribution in [3.63, 3.8) is 0 Å². The summed E-state index contributed by atoms with van der Waals surface area (Å²) >= 11 is 0. The van der Waals surface area contributed by atoms with Gasteiger partial charge in [0.1, 0.15) is 0 Å². The van der Waals surface area contributed by atoms with Crippen LogP contribution >= 0.6 is 0 Å². The molecular formula is C15H20N2O3S. The minimum absolute atomic E-state index is 0.0819. The number of nitrogens with one attached hydrogen (secondary N) is 2. The van der Waals surface area contributed by atoms with Gasteiger partial charge in [-0.15, -0.1) is 0 Å². The number of aromatic amines is 1. The average Bonchev–Trinajstić information content (AvgIpc) is 2.92. The first-order chi connectivity index (χ1) is 9.98. The highest BCUT2D eigenvalue weighted by molar-refractivity contribution is 7.91. The first-order valence-corrected chi connectivity index (χ1v) is 8.98. The molecule has 0 unspecified atom stereocenters. The van der Waals surface area contributed by atoms with Crippen molar-refractivity contribution in [1.82, 2.24) is 10.3 Å². The third-order valence-electron chi connectivity index (χ3n) is 4.21. The topological polar surface area (TPSA) is 82.2 Å². The molecule has 1 aromatic carbocycles. The van der Waals surface area contributed by atoms with E-state index in [9.17, 15) is 13.5 Å². The Labute approximate surface area is 124 Å². The van der Waals surface area contributed by atoms with Gasteiger partial charge in [-0.1, -0.05) is 12.1 Å². The van der Waals surface area contributed by atoms with Gasteiger partial charge in [0.05, 0.1) is 17.1 Å². The van der Waals surface area contributed by atoms with E-state index in [-0.39, 0.29) is 11.5 Å². The SMILES string of the molecule is O=S1(=O)CCC(O)(CNCc2cccc3[nH]ccc23)CC1. The number of benzene rings is 1. The lowest BCUT2D eigenvalue weighted by Gasteiger charge is -2.32. The molecule has 3 rings (SSSR count). The first-order valence-electron chi connectivity index (χ1n) is 7.16. The quantitative estimate of drug-likeness (QED) is 0.792. The summed E-state index contributed by atoms with van der Waals surface area (Å²) in [5, 5.41) is 14.9. The fourth-order valence-corrected chi connectivity index (χ4v) is 4.42. The summed E-state index contributed by atoms with van der Waals surface area (Å²) in [5.41, 5.74) is 1.36. The van der Waals surface area contributed by atoms with E-state index in [4.69, 9.17) is 0 Å². The summed E-state index contributed by atoms with van der Waals surface area (Å²) in [6, 6.07) is 8.11. The smallest absolute Gasteiger partial charge is 0.150 e. The van der Waals surface area contributed by atoms with Crippen LogP contribution in [0.5, 0.6) is 0 Å². The van der Waals surface area contributed by atoms with Crippen molar-refractivity contribution in [1.29, 1.82) is 0 Å². The highest BCUT2D eigenvalue weighted by Gasteiger charge is 2.34. The molecule has 1 fully saturated rings. The zero-order chi connectivity index (χ0) is 14.9. The Morgan fingerprint density at radius 1 is 1.24 bits per heavy atom. The molecule has 0 radical (unpaired) electrons. The van der Waals surface area contributed by atoms with Crippen LogP contribution in [0.2, 0.25) is 0 Å². The lowest BCUT2D eigenvalue weighted by atomic mass is 9.97. The molecule has 0 atom stereocenters. The standard InChI is InChI=1S/C15H20N2O3S/c18-15(5-8-21(19,20)9-6-15)11-16-10-12-2-1-3-14-13(12)4-7-17-14/h1-4,7,16-18H,5-6,8-11H2. The third kappa shape index (κ3) is 3.28. The van der Waals surface area contributed by atoms with E-state index < -0.39 is 15.4 Å². The molecule has 21 heavy (non-hydrogen) atoms. The summed E-state index contributed by atoms with van der Waals surface area (Å²) in [7, 11) is -2.94. The molecule has 0 bridgehead atoms. The predicted octanol–water partition coefficient (Wildman–Crippen LogP) is 1.20. The maximum absolute atomic E-state index is 11.4. The van der Waals surface area contributed by atoms with E-state index in [0.717, 1.165) is 5.52 Å². The minimum atomic E-state index is -2.94. The van der Waals surface area contributed by atoms with Crippen LogP contribution in [-0.2, 0) is 16.4 Å². The van der Waals surface area contributed by atoms with Crippen LogP contribution in [0.15, 0.2) is 30.5 Å². The van der Waals surface area contributed by atoms with E-state index in [2.05, 4.69) is 16.4 Å². The Kier molecular flexibility index (Phi) is 3.77. The summed E-state index contributed by atoms with van der Waals surface area (Å²) in [5.74, 6) is 0.164. The number of rotatable bonds is 4. The summed E-state index contributed by atoms with van der Waals surface area (Å²) in [4.78, 5) is 3.17. The molecule has 114 valence electrons. The van der Waals surface area contributed by atoms with E-state index >= 15 is 0 Å². The van der Waals surface area contributed by atoms with Gasteiger partial charge in [-0.2, -0.15) is 0 Å². The van der Waals surface area contributed by atoms with Crippen LogP contribution < -0.4 is 5.32 Å². The molecule has 0 aliphatic carbocycles. The van der Waals surface area contributed by atoms with Crippen molar-refractivity contribution in [3.05, 3.63) is 36.0 Å². The fourth-order valence-electron chi connectivity index (χ4n) is 2.83. The summed E-state index contributed by atoms with van der Waals surface area (Å²) < 4.78 is 22.8. The van der Waals surface area contributed by atoms with Gasteiger partial charge in [-0.25, -0.2) is 8.42 Å². The largest absolute Gasteiger partial charge is 0.388 e. The highest BCUT2D eigenvalue weighted by Crippen LogP contribution is 2.23. The van der Waals surface area contributed by atoms with E-state index in [1.165, 1.54) is 10.9 Å². The minimum Gasteiger partial charge on any atom is -0.388 e. The van der Waals surface area contributed by atoms with Crippen LogP contribution in [0.1, 0.15) is 18.4 Å². The van der Waals surface area contributed by atoms with Crippen LogP contribution in [0.4, 0.5) is 0 Å². The van der Waals surface area contributed by atoms with Gasteiger partial charge in [0.15, 0.2) is 9.84 Å². The molecule has 3 N–H and O–H groups in total. The summed E-state index contributed by atoms with van der Waals surface area (Å²) in [6.07, 6.45) is 2.54. The second-order valence-electron chi connectivity index (χ2n) is 5.84. The Morgan fingerprint density at radius 3 is 2.76 bits per heavy atom. The number of sulfone groups is 1. The zero-order valence-corrected chi connectivity index (χ0v) is 12.6. The molecule has 2 heterocycles. The van der Waals surface area contributed by atoms with E-state index in [1.807, 2.05) is 24.4 Å². The lowest BCUT2D eigenvalue weighted by molar-refractivity contribution is 0.0304. The molecule has 5 nitrogen and oxygen atoms in total. The van der Waals surface area contributed by atoms with Gasteiger partial charge in [-0.05, 0) is 30.5 Å². The summed E-state index contributed by atoms with van der Waals surface area (Å²) in [6.45, 7) is 1.08. The van der Waals surface area contributed by atoms with Gasteiger partial charge in [-0.3, -0.25) is 0 Å². The van der Waals surface area contributed by atoms with Crippen molar-refractivity contribution < 1.29 is 13.5 Å². The molecule has 0 spiro atoms. The number of aliphatic hydroxyl groups is 1. The highest BCUT2D eigenvalue weighted by atomic mass is 32.2. The average molecular weight is 308 g/mol. The Morgan fingerprint density at radius 2 is 2.00 bits per heavy atom. The van der Waals surface area contributed by atoms with Crippen LogP contribution in [0.25, 0.3) is 10.9 Å². The molecule has 1 saturated heterocycles. The van der Waals surface area contributed by atoms with Crippen molar-refractivity contribution in [3.8, 4) is 0 Å². The van der Waals surface area contributed by atoms with Crippen LogP contribution in [0, 0.1) is 0 Å². The normalized spacial score (nSPS) is 20.6. The van der Waals surface area contributed by atoms with Crippen molar-refractivity contribution in [2.45, 2.75) is 25.0 Å². The van der Waals surface area contributed by atoms with Gasteiger partial charge in [0.2, 0.25) is 0 Å². The maximum atomic E-state index is 11.4. The first kappa shape index (κ1) is 14.6. The molecule has 2 aromatic rings. The van der Waals surface area contributed by atoms with Gasteiger partial charge in [0, 0.05) is 30.2 Å². The van der Waals surface area contributed by atoms with E-state index in [0.29, 0.717) is 25.9 Å². The third-order valence-corrected chi connectivity index (χ3v) is 5.86. The van der Waals surface area contributed by atoms with Gasteiger partial charge < -0.3 is 15.4 Å². The second-order valence-corrected chi connectivity index (χ2v) is 8.14. The van der Waals surface area contributed by atoms with E-state index in [1.54, 1.807) is 0 Å². The predicted molar refractivity (Wildman–Crippen MR) is 82.8 cm³/mol. The molecule has 1 aromatic heterocycles.